The predicted octanol–water partition coefficient (Wildman–Crippen LogP) is 3.82. The minimum atomic E-state index is -0.794. The number of halogens is 1. The Labute approximate surface area is 123 Å². The molecular formula is C15H22BrNO2. The molecule has 1 aromatic rings. The summed E-state index contributed by atoms with van der Waals surface area (Å²) in [4.78, 5) is 12.3. The fraction of sp³-hybridized carbons (Fsp3) is 0.533. The lowest BCUT2D eigenvalue weighted by Gasteiger charge is -2.33. The lowest BCUT2D eigenvalue weighted by atomic mass is 9.81. The Morgan fingerprint density at radius 3 is 2.21 bits per heavy atom. The highest BCUT2D eigenvalue weighted by atomic mass is 79.9. The van der Waals surface area contributed by atoms with Crippen molar-refractivity contribution in [2.24, 2.45) is 11.1 Å². The van der Waals surface area contributed by atoms with Gasteiger partial charge in [0.25, 0.3) is 0 Å². The van der Waals surface area contributed by atoms with Gasteiger partial charge in [-0.1, -0.05) is 34.1 Å². The number of hydrogen-bond donors (Lipinski definition) is 1. The van der Waals surface area contributed by atoms with E-state index in [1.54, 1.807) is 0 Å². The third-order valence-corrected chi connectivity index (χ3v) is 3.66. The molecule has 19 heavy (non-hydrogen) atoms. The Kier molecular flexibility index (Phi) is 4.80. The fourth-order valence-electron chi connectivity index (χ4n) is 1.65. The van der Waals surface area contributed by atoms with Gasteiger partial charge in [0, 0.05) is 10.5 Å². The standard InChI is InChI=1S/C15H22BrNO2/c1-14(2,3)19-13(18)15(4,5)12(17)10-8-6-7-9-11(10)16/h6-9,12H,17H2,1-5H3/t12-/m1/s1. The molecule has 0 saturated heterocycles. The molecule has 1 aromatic carbocycles. The van der Waals surface area contributed by atoms with Crippen molar-refractivity contribution in [3.63, 3.8) is 0 Å². The predicted molar refractivity (Wildman–Crippen MR) is 80.7 cm³/mol. The molecule has 0 heterocycles. The van der Waals surface area contributed by atoms with Gasteiger partial charge in [0.2, 0.25) is 0 Å². The molecule has 0 spiro atoms. The Morgan fingerprint density at radius 1 is 1.21 bits per heavy atom. The quantitative estimate of drug-likeness (QED) is 0.858. The molecule has 3 nitrogen and oxygen atoms in total. The fourth-order valence-corrected chi connectivity index (χ4v) is 2.18. The Morgan fingerprint density at radius 2 is 1.74 bits per heavy atom. The lowest BCUT2D eigenvalue weighted by molar-refractivity contribution is -0.167. The topological polar surface area (TPSA) is 52.3 Å². The largest absolute Gasteiger partial charge is 0.460 e. The van der Waals surface area contributed by atoms with Crippen LogP contribution in [0.4, 0.5) is 0 Å². The second-order valence-corrected chi connectivity index (χ2v) is 7.08. The van der Waals surface area contributed by atoms with Gasteiger partial charge >= 0.3 is 5.97 Å². The second-order valence-electron chi connectivity index (χ2n) is 6.22. The van der Waals surface area contributed by atoms with E-state index in [1.807, 2.05) is 58.9 Å². The first kappa shape index (κ1) is 16.2. The van der Waals surface area contributed by atoms with Crippen molar-refractivity contribution in [3.8, 4) is 0 Å². The maximum Gasteiger partial charge on any atom is 0.313 e. The average Bonchev–Trinajstić information content (AvgIpc) is 2.26. The summed E-state index contributed by atoms with van der Waals surface area (Å²) in [6.45, 7) is 9.18. The number of ether oxygens (including phenoxy) is 1. The molecule has 0 saturated carbocycles. The molecule has 0 amide bonds. The zero-order chi connectivity index (χ0) is 14.8. The van der Waals surface area contributed by atoms with Crippen LogP contribution < -0.4 is 5.73 Å². The number of esters is 1. The molecule has 4 heteroatoms. The number of nitrogens with two attached hydrogens (primary N) is 1. The molecular weight excluding hydrogens is 306 g/mol. The minimum Gasteiger partial charge on any atom is -0.460 e. The molecule has 0 aliphatic rings. The van der Waals surface area contributed by atoms with Gasteiger partial charge < -0.3 is 10.5 Å². The highest BCUT2D eigenvalue weighted by molar-refractivity contribution is 9.10. The van der Waals surface area contributed by atoms with E-state index in [9.17, 15) is 4.79 Å². The van der Waals surface area contributed by atoms with Crippen molar-refractivity contribution in [1.82, 2.24) is 0 Å². The maximum absolute atomic E-state index is 12.3. The third-order valence-electron chi connectivity index (χ3n) is 2.94. The molecule has 1 rings (SSSR count). The van der Waals surface area contributed by atoms with Crippen molar-refractivity contribution in [3.05, 3.63) is 34.3 Å². The van der Waals surface area contributed by atoms with Crippen LogP contribution in [0.15, 0.2) is 28.7 Å². The molecule has 0 radical (unpaired) electrons. The molecule has 0 aliphatic heterocycles. The van der Waals surface area contributed by atoms with E-state index >= 15 is 0 Å². The van der Waals surface area contributed by atoms with E-state index in [1.165, 1.54) is 0 Å². The molecule has 1 atom stereocenters. The van der Waals surface area contributed by atoms with E-state index in [2.05, 4.69) is 15.9 Å². The van der Waals surface area contributed by atoms with Crippen LogP contribution >= 0.6 is 15.9 Å². The second kappa shape index (κ2) is 5.63. The first-order valence-corrected chi connectivity index (χ1v) is 7.08. The van der Waals surface area contributed by atoms with Crippen LogP contribution in [0.25, 0.3) is 0 Å². The minimum absolute atomic E-state index is 0.289. The Hall–Kier alpha value is -0.870. The van der Waals surface area contributed by atoms with Gasteiger partial charge in [-0.15, -0.1) is 0 Å². The van der Waals surface area contributed by atoms with Crippen LogP contribution in [-0.2, 0) is 9.53 Å². The number of hydrogen-bond acceptors (Lipinski definition) is 3. The number of carbonyl (C=O) groups is 1. The van der Waals surface area contributed by atoms with E-state index in [-0.39, 0.29) is 5.97 Å². The van der Waals surface area contributed by atoms with Gasteiger partial charge in [-0.05, 0) is 46.2 Å². The van der Waals surface area contributed by atoms with Crippen LogP contribution in [-0.4, -0.2) is 11.6 Å². The normalized spacial score (nSPS) is 14.1. The maximum atomic E-state index is 12.3. The van der Waals surface area contributed by atoms with Crippen molar-refractivity contribution in [2.45, 2.75) is 46.3 Å². The SMILES string of the molecule is CC(C)(C)OC(=O)C(C)(C)[C@H](N)c1ccccc1Br. The van der Waals surface area contributed by atoms with E-state index in [0.29, 0.717) is 0 Å². The summed E-state index contributed by atoms with van der Waals surface area (Å²) in [5.41, 5.74) is 5.86. The first-order chi connectivity index (χ1) is 8.55. The summed E-state index contributed by atoms with van der Waals surface area (Å²) in [5, 5.41) is 0. The van der Waals surface area contributed by atoms with Gasteiger partial charge in [0.05, 0.1) is 5.41 Å². The molecule has 0 unspecified atom stereocenters. The summed E-state index contributed by atoms with van der Waals surface area (Å²) in [6, 6.07) is 7.23. The number of benzene rings is 1. The molecule has 2 N–H and O–H groups in total. The highest BCUT2D eigenvalue weighted by Gasteiger charge is 2.39. The smallest absolute Gasteiger partial charge is 0.313 e. The monoisotopic (exact) mass is 327 g/mol. The van der Waals surface area contributed by atoms with Gasteiger partial charge in [-0.3, -0.25) is 4.79 Å². The lowest BCUT2D eigenvalue weighted by Crippen LogP contribution is -2.41. The van der Waals surface area contributed by atoms with E-state index in [0.717, 1.165) is 10.0 Å². The molecule has 0 aromatic heterocycles. The molecule has 0 aliphatic carbocycles. The zero-order valence-corrected chi connectivity index (χ0v) is 13.7. The van der Waals surface area contributed by atoms with Gasteiger partial charge in [-0.25, -0.2) is 0 Å². The molecule has 0 fully saturated rings. The van der Waals surface area contributed by atoms with Crippen molar-refractivity contribution in [2.75, 3.05) is 0 Å². The van der Waals surface area contributed by atoms with Gasteiger partial charge in [-0.2, -0.15) is 0 Å². The van der Waals surface area contributed by atoms with Crippen LogP contribution in [0, 0.1) is 5.41 Å². The Bertz CT molecular complexity index is 463. The summed E-state index contributed by atoms with van der Waals surface area (Å²) < 4.78 is 6.35. The Balaban J connectivity index is 3.00. The van der Waals surface area contributed by atoms with Crippen molar-refractivity contribution >= 4 is 21.9 Å². The van der Waals surface area contributed by atoms with Crippen molar-refractivity contribution < 1.29 is 9.53 Å². The zero-order valence-electron chi connectivity index (χ0n) is 12.2. The van der Waals surface area contributed by atoms with Crippen LogP contribution in [0.5, 0.6) is 0 Å². The number of rotatable bonds is 3. The van der Waals surface area contributed by atoms with Crippen LogP contribution in [0.3, 0.4) is 0 Å². The summed E-state index contributed by atoms with van der Waals surface area (Å²) in [6.07, 6.45) is 0. The first-order valence-electron chi connectivity index (χ1n) is 6.29. The summed E-state index contributed by atoms with van der Waals surface area (Å²) in [5.74, 6) is -0.289. The van der Waals surface area contributed by atoms with Gasteiger partial charge in [0.1, 0.15) is 5.60 Å². The van der Waals surface area contributed by atoms with Crippen LogP contribution in [0.2, 0.25) is 0 Å². The average molecular weight is 328 g/mol. The summed E-state index contributed by atoms with van der Waals surface area (Å²) in [7, 11) is 0. The number of carbonyl (C=O) groups excluding carboxylic acids is 1. The molecule has 106 valence electrons. The third kappa shape index (κ3) is 4.05. The van der Waals surface area contributed by atoms with Gasteiger partial charge in [0.15, 0.2) is 0 Å². The van der Waals surface area contributed by atoms with Crippen LogP contribution in [0.1, 0.15) is 46.2 Å². The highest BCUT2D eigenvalue weighted by Crippen LogP contribution is 2.36. The van der Waals surface area contributed by atoms with Crippen molar-refractivity contribution in [1.29, 1.82) is 0 Å². The van der Waals surface area contributed by atoms with E-state index in [4.69, 9.17) is 10.5 Å². The van der Waals surface area contributed by atoms with E-state index < -0.39 is 17.1 Å². The summed E-state index contributed by atoms with van der Waals surface area (Å²) >= 11 is 3.47. The molecule has 0 bridgehead atoms.